The maximum atomic E-state index is 13.0. The maximum absolute atomic E-state index is 13.0. The van der Waals surface area contributed by atoms with Crippen molar-refractivity contribution < 1.29 is 19.1 Å². The minimum Gasteiger partial charge on any atom is -0.454 e. The van der Waals surface area contributed by atoms with Crippen LogP contribution in [0, 0.1) is 0 Å². The number of carbonyl (C=O) groups excluding carboxylic acids is 2. The van der Waals surface area contributed by atoms with Gasteiger partial charge in [0, 0.05) is 25.0 Å². The minimum absolute atomic E-state index is 0.0690. The van der Waals surface area contributed by atoms with E-state index in [4.69, 9.17) is 21.7 Å². The molecule has 0 radical (unpaired) electrons. The fourth-order valence-electron chi connectivity index (χ4n) is 4.17. The fraction of sp³-hybridized carbons (Fsp3) is 0.393. The molecule has 0 aromatic heterocycles. The lowest BCUT2D eigenvalue weighted by Crippen LogP contribution is -2.45. The predicted molar refractivity (Wildman–Crippen MR) is 148 cm³/mol. The third-order valence-corrected chi connectivity index (χ3v) is 7.51. The van der Waals surface area contributed by atoms with E-state index in [0.29, 0.717) is 40.2 Å². The molecule has 2 aliphatic heterocycles. The number of unbranched alkanes of at least 4 members (excludes halogenated alkanes) is 2. The SMILES string of the molecule is CC(C)(C)N(Cc1ccccc1)C(=O)CCCCCN1C(=O)C(=Cc2ccc3c(c2)OCO3)SC1=S. The van der Waals surface area contributed by atoms with Gasteiger partial charge in [-0.1, -0.05) is 66.8 Å². The van der Waals surface area contributed by atoms with Crippen LogP contribution in [-0.4, -0.2) is 44.8 Å². The number of ether oxygens (including phenoxy) is 2. The molecule has 2 heterocycles. The van der Waals surface area contributed by atoms with Crippen LogP contribution in [0.3, 0.4) is 0 Å². The summed E-state index contributed by atoms with van der Waals surface area (Å²) in [7, 11) is 0. The molecule has 2 amide bonds. The average molecular weight is 525 g/mol. The van der Waals surface area contributed by atoms with Crippen molar-refractivity contribution in [1.82, 2.24) is 9.80 Å². The van der Waals surface area contributed by atoms with Gasteiger partial charge < -0.3 is 14.4 Å². The highest BCUT2D eigenvalue weighted by Gasteiger charge is 2.32. The van der Waals surface area contributed by atoms with E-state index in [1.165, 1.54) is 11.8 Å². The molecule has 1 fully saturated rings. The van der Waals surface area contributed by atoms with Gasteiger partial charge in [0.25, 0.3) is 5.91 Å². The monoisotopic (exact) mass is 524 g/mol. The lowest BCUT2D eigenvalue weighted by Gasteiger charge is -2.36. The van der Waals surface area contributed by atoms with Gasteiger partial charge in [-0.05, 0) is 62.9 Å². The summed E-state index contributed by atoms with van der Waals surface area (Å²) in [5.41, 5.74) is 1.75. The summed E-state index contributed by atoms with van der Waals surface area (Å²) in [5.74, 6) is 1.48. The van der Waals surface area contributed by atoms with Gasteiger partial charge in [-0.25, -0.2) is 0 Å². The van der Waals surface area contributed by atoms with E-state index >= 15 is 0 Å². The molecule has 0 atom stereocenters. The van der Waals surface area contributed by atoms with Crippen molar-refractivity contribution in [2.24, 2.45) is 0 Å². The van der Waals surface area contributed by atoms with E-state index in [2.05, 4.69) is 32.9 Å². The zero-order chi connectivity index (χ0) is 25.7. The Morgan fingerprint density at radius 1 is 1.08 bits per heavy atom. The Labute approximate surface area is 222 Å². The molecule has 0 spiro atoms. The van der Waals surface area contributed by atoms with Gasteiger partial charge in [0.1, 0.15) is 4.32 Å². The molecule has 2 aromatic rings. The van der Waals surface area contributed by atoms with Gasteiger partial charge in [-0.2, -0.15) is 0 Å². The summed E-state index contributed by atoms with van der Waals surface area (Å²) in [4.78, 5) is 30.2. The molecule has 4 rings (SSSR count). The molecule has 8 heteroatoms. The largest absolute Gasteiger partial charge is 0.454 e. The predicted octanol–water partition coefficient (Wildman–Crippen LogP) is 6.00. The van der Waals surface area contributed by atoms with Crippen molar-refractivity contribution in [1.29, 1.82) is 0 Å². The number of benzene rings is 2. The molecule has 2 aromatic carbocycles. The number of hydrogen-bond donors (Lipinski definition) is 0. The third kappa shape index (κ3) is 6.48. The zero-order valence-corrected chi connectivity index (χ0v) is 22.6. The first kappa shape index (κ1) is 26.2. The standard InChI is InChI=1S/C28H32N2O4S2/c1-28(2,3)30(18-20-10-6-4-7-11-20)25(31)12-8-5-9-15-29-26(32)24(36-27(29)35)17-21-13-14-22-23(16-21)34-19-33-22/h4,6-7,10-11,13-14,16-17H,5,8-9,12,15,18-19H2,1-3H3. The first-order chi connectivity index (χ1) is 17.2. The van der Waals surface area contributed by atoms with Crippen LogP contribution in [0.15, 0.2) is 53.4 Å². The van der Waals surface area contributed by atoms with E-state index in [1.807, 2.05) is 47.4 Å². The van der Waals surface area contributed by atoms with E-state index in [-0.39, 0.29) is 24.1 Å². The van der Waals surface area contributed by atoms with E-state index in [9.17, 15) is 9.59 Å². The van der Waals surface area contributed by atoms with Gasteiger partial charge in [0.05, 0.1) is 4.91 Å². The maximum Gasteiger partial charge on any atom is 0.266 e. The van der Waals surface area contributed by atoms with Gasteiger partial charge in [-0.3, -0.25) is 14.5 Å². The van der Waals surface area contributed by atoms with Crippen LogP contribution in [0.4, 0.5) is 0 Å². The molecule has 1 saturated heterocycles. The van der Waals surface area contributed by atoms with Gasteiger partial charge >= 0.3 is 0 Å². The molecule has 36 heavy (non-hydrogen) atoms. The average Bonchev–Trinajstić information content (AvgIpc) is 3.41. The van der Waals surface area contributed by atoms with Crippen molar-refractivity contribution in [3.63, 3.8) is 0 Å². The molecule has 0 saturated carbocycles. The lowest BCUT2D eigenvalue weighted by molar-refractivity contribution is -0.137. The smallest absolute Gasteiger partial charge is 0.266 e. The molecular weight excluding hydrogens is 492 g/mol. The minimum atomic E-state index is -0.251. The Bertz CT molecular complexity index is 1160. The molecule has 0 bridgehead atoms. The molecule has 0 unspecified atom stereocenters. The Morgan fingerprint density at radius 2 is 1.83 bits per heavy atom. The number of rotatable bonds is 9. The summed E-state index contributed by atoms with van der Waals surface area (Å²) in [6.07, 6.45) is 4.76. The van der Waals surface area contributed by atoms with Crippen molar-refractivity contribution in [3.05, 3.63) is 64.6 Å². The first-order valence-electron chi connectivity index (χ1n) is 12.2. The zero-order valence-electron chi connectivity index (χ0n) is 21.0. The van der Waals surface area contributed by atoms with Gasteiger partial charge in [-0.15, -0.1) is 0 Å². The van der Waals surface area contributed by atoms with Gasteiger partial charge in [0.15, 0.2) is 11.5 Å². The fourth-order valence-corrected chi connectivity index (χ4v) is 5.48. The molecular formula is C28H32N2O4S2. The Morgan fingerprint density at radius 3 is 2.58 bits per heavy atom. The quantitative estimate of drug-likeness (QED) is 0.228. The second kappa shape index (κ2) is 11.5. The van der Waals surface area contributed by atoms with Crippen LogP contribution in [0.25, 0.3) is 6.08 Å². The number of fused-ring (bicyclic) bond motifs is 1. The second-order valence-electron chi connectivity index (χ2n) is 9.89. The van der Waals surface area contributed by atoms with Crippen LogP contribution in [0.2, 0.25) is 0 Å². The van der Waals surface area contributed by atoms with E-state index < -0.39 is 0 Å². The number of carbonyl (C=O) groups is 2. The second-order valence-corrected chi connectivity index (χ2v) is 11.6. The topological polar surface area (TPSA) is 59.1 Å². The number of thioether (sulfide) groups is 1. The van der Waals surface area contributed by atoms with Crippen LogP contribution >= 0.6 is 24.0 Å². The highest BCUT2D eigenvalue weighted by Crippen LogP contribution is 2.36. The van der Waals surface area contributed by atoms with E-state index in [1.54, 1.807) is 4.90 Å². The molecule has 190 valence electrons. The summed E-state index contributed by atoms with van der Waals surface area (Å²) in [6, 6.07) is 15.7. The van der Waals surface area contributed by atoms with Crippen LogP contribution in [0.1, 0.15) is 57.6 Å². The van der Waals surface area contributed by atoms with Gasteiger partial charge in [0.2, 0.25) is 12.7 Å². The van der Waals surface area contributed by atoms with Crippen LogP contribution in [-0.2, 0) is 16.1 Å². The Balaban J connectivity index is 1.25. The van der Waals surface area contributed by atoms with Crippen molar-refractivity contribution >= 4 is 46.2 Å². The summed E-state index contributed by atoms with van der Waals surface area (Å²) in [6.45, 7) is 7.59. The van der Waals surface area contributed by atoms with Crippen molar-refractivity contribution in [3.8, 4) is 11.5 Å². The van der Waals surface area contributed by atoms with E-state index in [0.717, 1.165) is 30.4 Å². The number of hydrogen-bond acceptors (Lipinski definition) is 6. The highest BCUT2D eigenvalue weighted by molar-refractivity contribution is 8.26. The highest BCUT2D eigenvalue weighted by atomic mass is 32.2. The Hall–Kier alpha value is -2.84. The van der Waals surface area contributed by atoms with Crippen molar-refractivity contribution in [2.45, 2.75) is 58.5 Å². The number of thiocarbonyl (C=S) groups is 1. The third-order valence-electron chi connectivity index (χ3n) is 6.13. The van der Waals surface area contributed by atoms with Crippen molar-refractivity contribution in [2.75, 3.05) is 13.3 Å². The molecule has 6 nitrogen and oxygen atoms in total. The number of nitrogens with zero attached hydrogens (tertiary/aromatic N) is 2. The van der Waals surface area contributed by atoms with Crippen LogP contribution in [0.5, 0.6) is 11.5 Å². The summed E-state index contributed by atoms with van der Waals surface area (Å²) < 4.78 is 11.3. The molecule has 0 N–H and O–H groups in total. The Kier molecular flexibility index (Phi) is 8.36. The lowest BCUT2D eigenvalue weighted by atomic mass is 10.0. The normalized spacial score (nSPS) is 16.2. The number of amides is 2. The summed E-state index contributed by atoms with van der Waals surface area (Å²) >= 11 is 6.79. The first-order valence-corrected chi connectivity index (χ1v) is 13.4. The molecule has 2 aliphatic rings. The molecule has 0 aliphatic carbocycles. The van der Waals surface area contributed by atoms with Crippen LogP contribution < -0.4 is 9.47 Å². The summed E-state index contributed by atoms with van der Waals surface area (Å²) in [5, 5.41) is 0.